The van der Waals surface area contributed by atoms with Crippen LogP contribution in [0, 0.1) is 24.1 Å². The minimum Gasteiger partial charge on any atom is -0.396 e. The van der Waals surface area contributed by atoms with E-state index in [-0.39, 0.29) is 55.4 Å². The predicted octanol–water partition coefficient (Wildman–Crippen LogP) is 7.31. The number of halogens is 5. The van der Waals surface area contributed by atoms with E-state index in [1.165, 1.54) is 16.7 Å². The number of hydrogen-bond donors (Lipinski definition) is 1. The summed E-state index contributed by atoms with van der Waals surface area (Å²) in [5.74, 6) is -1.36. The summed E-state index contributed by atoms with van der Waals surface area (Å²) < 4.78 is 16.4. The van der Waals surface area contributed by atoms with Gasteiger partial charge in [0.15, 0.2) is 5.82 Å². The van der Waals surface area contributed by atoms with Crippen LogP contribution in [0.25, 0.3) is 28.0 Å². The Morgan fingerprint density at radius 3 is 2.50 bits per heavy atom. The van der Waals surface area contributed by atoms with Gasteiger partial charge in [-0.1, -0.05) is 66.8 Å². The van der Waals surface area contributed by atoms with Gasteiger partial charge in [0.25, 0.3) is 5.56 Å². The van der Waals surface area contributed by atoms with Crippen LogP contribution >= 0.6 is 46.4 Å². The summed E-state index contributed by atoms with van der Waals surface area (Å²) in [5, 5.41) is 9.90. The Hall–Kier alpha value is -3.88. The lowest BCUT2D eigenvalue weighted by Gasteiger charge is -2.41. The summed E-state index contributed by atoms with van der Waals surface area (Å²) in [4.78, 5) is 39.9. The zero-order chi connectivity index (χ0) is 33.8. The van der Waals surface area contributed by atoms with Gasteiger partial charge in [-0.05, 0) is 43.5 Å². The van der Waals surface area contributed by atoms with Gasteiger partial charge in [0.2, 0.25) is 5.91 Å². The number of hydrogen-bond acceptors (Lipinski definition) is 7. The van der Waals surface area contributed by atoms with E-state index in [1.54, 1.807) is 17.2 Å². The SMILES string of the molecule is C=CC(=O)N1CCN(c2c(C#N)c(=O)n(-c3c(C)ccnc3C(C)C)c3nc(-c4c(N)c(F)c(Cl)c(Cl)c4Cl)c(Cl)cc23)C[C@H]1C. The Bertz CT molecular complexity index is 2030. The number of nitrogens with zero attached hydrogens (tertiary/aromatic N) is 6. The van der Waals surface area contributed by atoms with E-state index in [9.17, 15) is 14.9 Å². The Kier molecular flexibility index (Phi) is 9.26. The van der Waals surface area contributed by atoms with Crippen molar-refractivity contribution in [2.24, 2.45) is 0 Å². The van der Waals surface area contributed by atoms with Crippen LogP contribution in [0.4, 0.5) is 15.8 Å². The highest BCUT2D eigenvalue weighted by Crippen LogP contribution is 2.47. The summed E-state index contributed by atoms with van der Waals surface area (Å²) in [6.45, 7) is 12.0. The second-order valence-electron chi connectivity index (χ2n) is 11.3. The van der Waals surface area contributed by atoms with E-state index in [4.69, 9.17) is 57.1 Å². The summed E-state index contributed by atoms with van der Waals surface area (Å²) >= 11 is 25.7. The molecule has 2 N–H and O–H groups in total. The van der Waals surface area contributed by atoms with Crippen molar-refractivity contribution in [3.8, 4) is 23.0 Å². The first-order valence-electron chi connectivity index (χ1n) is 14.2. The lowest BCUT2D eigenvalue weighted by Crippen LogP contribution is -2.54. The van der Waals surface area contributed by atoms with Gasteiger partial charge in [0.05, 0.1) is 48.5 Å². The van der Waals surface area contributed by atoms with Crippen LogP contribution in [0.2, 0.25) is 20.1 Å². The van der Waals surface area contributed by atoms with Crippen molar-refractivity contribution in [2.45, 2.75) is 39.7 Å². The molecule has 0 radical (unpaired) electrons. The fourth-order valence-electron chi connectivity index (χ4n) is 5.85. The summed E-state index contributed by atoms with van der Waals surface area (Å²) in [6.07, 6.45) is 2.89. The molecular weight excluding hydrogens is 675 g/mol. The summed E-state index contributed by atoms with van der Waals surface area (Å²) in [5.41, 5.74) is 6.85. The maximum absolute atomic E-state index is 15.1. The number of carbonyl (C=O) groups is 1. The third-order valence-corrected chi connectivity index (χ3v) is 9.65. The van der Waals surface area contributed by atoms with Crippen LogP contribution in [-0.4, -0.2) is 51.0 Å². The van der Waals surface area contributed by atoms with E-state index >= 15 is 4.39 Å². The molecule has 1 aliphatic heterocycles. The van der Waals surface area contributed by atoms with Crippen LogP contribution in [0.15, 0.2) is 35.8 Å². The fraction of sp³-hybridized carbons (Fsp3) is 0.281. The number of anilines is 2. The molecule has 1 aliphatic rings. The van der Waals surface area contributed by atoms with Crippen molar-refractivity contribution in [3.05, 3.63) is 84.1 Å². The Morgan fingerprint density at radius 1 is 1.20 bits per heavy atom. The van der Waals surface area contributed by atoms with Crippen LogP contribution in [-0.2, 0) is 4.79 Å². The third-order valence-electron chi connectivity index (χ3n) is 8.05. The maximum Gasteiger partial charge on any atom is 0.276 e. The number of aromatic nitrogens is 3. The molecule has 46 heavy (non-hydrogen) atoms. The molecule has 0 bridgehead atoms. The zero-order valence-corrected chi connectivity index (χ0v) is 28.3. The van der Waals surface area contributed by atoms with Gasteiger partial charge in [0, 0.05) is 42.8 Å². The first-order valence-corrected chi connectivity index (χ1v) is 15.7. The van der Waals surface area contributed by atoms with Crippen molar-refractivity contribution < 1.29 is 9.18 Å². The van der Waals surface area contributed by atoms with E-state index in [1.807, 2.05) is 32.6 Å². The van der Waals surface area contributed by atoms with E-state index in [0.29, 0.717) is 47.7 Å². The molecule has 4 heterocycles. The van der Waals surface area contributed by atoms with E-state index in [2.05, 4.69) is 17.6 Å². The van der Waals surface area contributed by atoms with E-state index in [0.717, 1.165) is 0 Å². The first-order chi connectivity index (χ1) is 21.7. The molecule has 5 rings (SSSR count). The monoisotopic (exact) mass is 701 g/mol. The lowest BCUT2D eigenvalue weighted by atomic mass is 10.0. The molecule has 1 aromatic carbocycles. The molecule has 1 fully saturated rings. The van der Waals surface area contributed by atoms with Gasteiger partial charge in [-0.25, -0.2) is 9.37 Å². The van der Waals surface area contributed by atoms with Gasteiger partial charge < -0.3 is 15.5 Å². The van der Waals surface area contributed by atoms with Crippen LogP contribution in [0.1, 0.15) is 43.5 Å². The molecule has 0 aliphatic carbocycles. The highest BCUT2D eigenvalue weighted by atomic mass is 35.5. The number of pyridine rings is 3. The minimum atomic E-state index is -1.01. The number of benzene rings is 1. The van der Waals surface area contributed by atoms with Gasteiger partial charge >= 0.3 is 0 Å². The molecule has 1 atom stereocenters. The number of nitrogen functional groups attached to an aromatic ring is 1. The molecule has 14 heteroatoms. The number of aryl methyl sites for hydroxylation is 1. The standard InChI is InChI=1S/C32H28Cl4FN7O2/c1-6-20(45)43-10-9-42(13-16(43)5)30-17-11-19(33)28(21-22(34)23(35)24(36)25(37)26(21)39)41-31(17)44(32(46)18(30)12-38)29-15(4)7-8-40-27(29)14(2)3/h6-8,11,14,16H,1,9-10,13,39H2,2-5H3/t16-/m1/s1. The third kappa shape index (κ3) is 5.35. The Balaban J connectivity index is 1.94. The number of amides is 1. The molecular formula is C32H28Cl4FN7O2. The largest absolute Gasteiger partial charge is 0.396 e. The Labute approximate surface area is 284 Å². The zero-order valence-electron chi connectivity index (χ0n) is 25.3. The first kappa shape index (κ1) is 33.5. The quantitative estimate of drug-likeness (QED) is 0.100. The molecule has 0 unspecified atom stereocenters. The molecule has 1 amide bonds. The normalized spacial score (nSPS) is 15.0. The number of nitriles is 1. The van der Waals surface area contributed by atoms with Gasteiger partial charge in [-0.15, -0.1) is 0 Å². The highest BCUT2D eigenvalue weighted by Gasteiger charge is 2.33. The van der Waals surface area contributed by atoms with Crippen molar-refractivity contribution in [3.63, 3.8) is 0 Å². The molecule has 238 valence electrons. The number of carbonyl (C=O) groups excluding carboxylic acids is 1. The molecule has 1 saturated heterocycles. The second-order valence-corrected chi connectivity index (χ2v) is 12.8. The average Bonchev–Trinajstić information content (AvgIpc) is 3.02. The highest BCUT2D eigenvalue weighted by molar-refractivity contribution is 6.50. The predicted molar refractivity (Wildman–Crippen MR) is 182 cm³/mol. The van der Waals surface area contributed by atoms with Crippen molar-refractivity contribution >= 4 is 74.7 Å². The topological polar surface area (TPSA) is 121 Å². The lowest BCUT2D eigenvalue weighted by molar-refractivity contribution is -0.128. The minimum absolute atomic E-state index is 0.00487. The van der Waals surface area contributed by atoms with Crippen molar-refractivity contribution in [1.82, 2.24) is 19.4 Å². The number of nitrogens with two attached hydrogens (primary N) is 1. The average molecular weight is 703 g/mol. The van der Waals surface area contributed by atoms with Crippen LogP contribution in [0.5, 0.6) is 0 Å². The van der Waals surface area contributed by atoms with E-state index < -0.39 is 22.1 Å². The van der Waals surface area contributed by atoms with Crippen LogP contribution < -0.4 is 16.2 Å². The van der Waals surface area contributed by atoms with Gasteiger partial charge in [0.1, 0.15) is 17.3 Å². The number of rotatable bonds is 5. The number of fused-ring (bicyclic) bond motifs is 1. The molecule has 0 spiro atoms. The molecule has 3 aromatic heterocycles. The van der Waals surface area contributed by atoms with Crippen LogP contribution in [0.3, 0.4) is 0 Å². The molecule has 4 aromatic rings. The number of piperazine rings is 1. The van der Waals surface area contributed by atoms with Crippen molar-refractivity contribution in [2.75, 3.05) is 30.3 Å². The van der Waals surface area contributed by atoms with Crippen molar-refractivity contribution in [1.29, 1.82) is 5.26 Å². The van der Waals surface area contributed by atoms with Gasteiger partial charge in [-0.2, -0.15) is 5.26 Å². The smallest absolute Gasteiger partial charge is 0.276 e. The summed E-state index contributed by atoms with van der Waals surface area (Å²) in [7, 11) is 0. The molecule has 0 saturated carbocycles. The fourth-order valence-corrected chi connectivity index (χ4v) is 6.80. The molecule has 9 nitrogen and oxygen atoms in total. The Morgan fingerprint density at radius 2 is 1.89 bits per heavy atom. The summed E-state index contributed by atoms with van der Waals surface area (Å²) in [6, 6.07) is 5.11. The second kappa shape index (κ2) is 12.7. The van der Waals surface area contributed by atoms with Gasteiger partial charge in [-0.3, -0.25) is 19.1 Å². The maximum atomic E-state index is 15.1.